The number of nitrogens with zero attached hydrogens (tertiary/aromatic N) is 1. The number of hydrogen-bond donors (Lipinski definition) is 0. The van der Waals surface area contributed by atoms with E-state index in [0.29, 0.717) is 13.2 Å². The van der Waals surface area contributed by atoms with Crippen molar-refractivity contribution in [3.63, 3.8) is 0 Å². The van der Waals surface area contributed by atoms with Gasteiger partial charge in [-0.15, -0.1) is 0 Å². The molecular formula is C18H23NO2. The molecule has 0 aliphatic heterocycles. The standard InChI is InChI=1S/C18H23NO2/c1-5-20-16-11-8-12-17(21-6-2)18(16)14-9-7-10-15(13-14)19(3)4/h7-13H,5-6H2,1-4H3. The van der Waals surface area contributed by atoms with Crippen molar-refractivity contribution >= 4 is 5.69 Å². The van der Waals surface area contributed by atoms with E-state index in [1.54, 1.807) is 0 Å². The Morgan fingerprint density at radius 1 is 0.857 bits per heavy atom. The first-order chi connectivity index (χ1) is 10.2. The molecule has 0 saturated heterocycles. The highest BCUT2D eigenvalue weighted by atomic mass is 16.5. The van der Waals surface area contributed by atoms with E-state index in [-0.39, 0.29) is 0 Å². The summed E-state index contributed by atoms with van der Waals surface area (Å²) in [5.74, 6) is 1.72. The van der Waals surface area contributed by atoms with Crippen LogP contribution in [0.3, 0.4) is 0 Å². The van der Waals surface area contributed by atoms with Crippen molar-refractivity contribution in [2.75, 3.05) is 32.2 Å². The first kappa shape index (κ1) is 15.2. The second-order valence-corrected chi connectivity index (χ2v) is 4.94. The van der Waals surface area contributed by atoms with Crippen LogP contribution < -0.4 is 14.4 Å². The van der Waals surface area contributed by atoms with Gasteiger partial charge in [-0.3, -0.25) is 0 Å². The summed E-state index contributed by atoms with van der Waals surface area (Å²) < 4.78 is 11.6. The highest BCUT2D eigenvalue weighted by molar-refractivity contribution is 5.79. The van der Waals surface area contributed by atoms with Crippen LogP contribution in [0.5, 0.6) is 11.5 Å². The maximum Gasteiger partial charge on any atom is 0.130 e. The first-order valence-corrected chi connectivity index (χ1v) is 7.33. The lowest BCUT2D eigenvalue weighted by atomic mass is 10.0. The van der Waals surface area contributed by atoms with E-state index in [1.165, 1.54) is 0 Å². The van der Waals surface area contributed by atoms with Gasteiger partial charge in [-0.05, 0) is 43.7 Å². The van der Waals surface area contributed by atoms with Gasteiger partial charge in [0.15, 0.2) is 0 Å². The molecule has 2 rings (SSSR count). The summed E-state index contributed by atoms with van der Waals surface area (Å²) >= 11 is 0. The molecule has 0 aliphatic carbocycles. The monoisotopic (exact) mass is 285 g/mol. The third kappa shape index (κ3) is 3.48. The zero-order valence-electron chi connectivity index (χ0n) is 13.2. The van der Waals surface area contributed by atoms with Crippen LogP contribution in [-0.4, -0.2) is 27.3 Å². The Morgan fingerprint density at radius 3 is 1.95 bits per heavy atom. The Morgan fingerprint density at radius 2 is 1.43 bits per heavy atom. The molecule has 0 spiro atoms. The maximum absolute atomic E-state index is 5.79. The molecule has 3 nitrogen and oxygen atoms in total. The maximum atomic E-state index is 5.79. The molecular weight excluding hydrogens is 262 g/mol. The topological polar surface area (TPSA) is 21.7 Å². The summed E-state index contributed by atoms with van der Waals surface area (Å²) in [5, 5.41) is 0. The van der Waals surface area contributed by atoms with Gasteiger partial charge in [-0.2, -0.15) is 0 Å². The average Bonchev–Trinajstić information content (AvgIpc) is 2.48. The Hall–Kier alpha value is -2.16. The fourth-order valence-corrected chi connectivity index (χ4v) is 2.29. The molecule has 0 heterocycles. The molecule has 0 N–H and O–H groups in total. The molecule has 3 heteroatoms. The van der Waals surface area contributed by atoms with Crippen LogP contribution in [0.4, 0.5) is 5.69 Å². The molecule has 0 atom stereocenters. The van der Waals surface area contributed by atoms with Crippen molar-refractivity contribution in [2.45, 2.75) is 13.8 Å². The smallest absolute Gasteiger partial charge is 0.130 e. The van der Waals surface area contributed by atoms with E-state index in [9.17, 15) is 0 Å². The summed E-state index contributed by atoms with van der Waals surface area (Å²) in [6, 6.07) is 14.3. The zero-order valence-corrected chi connectivity index (χ0v) is 13.2. The third-order valence-corrected chi connectivity index (χ3v) is 3.24. The van der Waals surface area contributed by atoms with E-state index in [4.69, 9.17) is 9.47 Å². The molecule has 112 valence electrons. The number of ether oxygens (including phenoxy) is 2. The Labute approximate surface area is 127 Å². The molecule has 0 aromatic heterocycles. The minimum absolute atomic E-state index is 0.635. The van der Waals surface area contributed by atoms with Crippen LogP contribution in [0, 0.1) is 0 Å². The van der Waals surface area contributed by atoms with E-state index in [0.717, 1.165) is 28.3 Å². The van der Waals surface area contributed by atoms with Crippen molar-refractivity contribution in [2.24, 2.45) is 0 Å². The Bertz CT molecular complexity index is 569. The molecule has 0 radical (unpaired) electrons. The van der Waals surface area contributed by atoms with Crippen molar-refractivity contribution in [1.82, 2.24) is 0 Å². The van der Waals surface area contributed by atoms with Gasteiger partial charge in [-0.25, -0.2) is 0 Å². The molecule has 0 fully saturated rings. The normalized spacial score (nSPS) is 10.3. The lowest BCUT2D eigenvalue weighted by molar-refractivity contribution is 0.326. The molecule has 0 saturated carbocycles. The van der Waals surface area contributed by atoms with Crippen molar-refractivity contribution in [1.29, 1.82) is 0 Å². The molecule has 2 aromatic carbocycles. The molecule has 0 unspecified atom stereocenters. The van der Waals surface area contributed by atoms with Crippen LogP contribution in [0.25, 0.3) is 11.1 Å². The van der Waals surface area contributed by atoms with Gasteiger partial charge in [-0.1, -0.05) is 18.2 Å². The van der Waals surface area contributed by atoms with Gasteiger partial charge in [0.05, 0.1) is 18.8 Å². The predicted molar refractivity (Wildman–Crippen MR) is 88.5 cm³/mol. The Kier molecular flexibility index (Phi) is 5.09. The average molecular weight is 285 g/mol. The predicted octanol–water partition coefficient (Wildman–Crippen LogP) is 4.22. The number of rotatable bonds is 6. The van der Waals surface area contributed by atoms with Crippen LogP contribution in [-0.2, 0) is 0 Å². The van der Waals surface area contributed by atoms with Gasteiger partial charge in [0.25, 0.3) is 0 Å². The largest absolute Gasteiger partial charge is 0.493 e. The van der Waals surface area contributed by atoms with Gasteiger partial charge in [0.1, 0.15) is 11.5 Å². The molecule has 0 bridgehead atoms. The third-order valence-electron chi connectivity index (χ3n) is 3.24. The van der Waals surface area contributed by atoms with E-state index < -0.39 is 0 Å². The number of benzene rings is 2. The highest BCUT2D eigenvalue weighted by Gasteiger charge is 2.13. The van der Waals surface area contributed by atoms with Crippen molar-refractivity contribution in [3.8, 4) is 22.6 Å². The van der Waals surface area contributed by atoms with E-state index in [1.807, 2.05) is 46.1 Å². The van der Waals surface area contributed by atoms with Crippen LogP contribution in [0.2, 0.25) is 0 Å². The van der Waals surface area contributed by atoms with Crippen LogP contribution in [0.1, 0.15) is 13.8 Å². The first-order valence-electron chi connectivity index (χ1n) is 7.33. The SMILES string of the molecule is CCOc1cccc(OCC)c1-c1cccc(N(C)C)c1. The molecule has 2 aromatic rings. The summed E-state index contributed by atoms with van der Waals surface area (Å²) in [6.07, 6.45) is 0. The second kappa shape index (κ2) is 7.02. The molecule has 0 aliphatic rings. The second-order valence-electron chi connectivity index (χ2n) is 4.94. The lowest BCUT2D eigenvalue weighted by Gasteiger charge is -2.18. The van der Waals surface area contributed by atoms with Crippen LogP contribution >= 0.6 is 0 Å². The highest BCUT2D eigenvalue weighted by Crippen LogP contribution is 2.39. The molecule has 0 amide bonds. The summed E-state index contributed by atoms with van der Waals surface area (Å²) in [7, 11) is 4.08. The summed E-state index contributed by atoms with van der Waals surface area (Å²) in [4.78, 5) is 2.09. The quantitative estimate of drug-likeness (QED) is 0.793. The fraction of sp³-hybridized carbons (Fsp3) is 0.333. The minimum atomic E-state index is 0.635. The zero-order chi connectivity index (χ0) is 15.2. The van der Waals surface area contributed by atoms with Crippen LogP contribution in [0.15, 0.2) is 42.5 Å². The van der Waals surface area contributed by atoms with Crippen molar-refractivity contribution in [3.05, 3.63) is 42.5 Å². The van der Waals surface area contributed by atoms with E-state index in [2.05, 4.69) is 29.2 Å². The summed E-state index contributed by atoms with van der Waals surface area (Å²) in [6.45, 7) is 5.26. The fourth-order valence-electron chi connectivity index (χ4n) is 2.29. The van der Waals surface area contributed by atoms with Gasteiger partial charge >= 0.3 is 0 Å². The minimum Gasteiger partial charge on any atom is -0.493 e. The number of hydrogen-bond acceptors (Lipinski definition) is 3. The van der Waals surface area contributed by atoms with Gasteiger partial charge in [0.2, 0.25) is 0 Å². The van der Waals surface area contributed by atoms with Gasteiger partial charge < -0.3 is 14.4 Å². The van der Waals surface area contributed by atoms with Gasteiger partial charge in [0, 0.05) is 19.8 Å². The van der Waals surface area contributed by atoms with E-state index >= 15 is 0 Å². The summed E-state index contributed by atoms with van der Waals surface area (Å²) in [5.41, 5.74) is 3.28. The molecule has 21 heavy (non-hydrogen) atoms. The van der Waals surface area contributed by atoms with Crippen molar-refractivity contribution < 1.29 is 9.47 Å². The lowest BCUT2D eigenvalue weighted by Crippen LogP contribution is -2.08. The Balaban J connectivity index is 2.56. The number of anilines is 1.